The van der Waals surface area contributed by atoms with Gasteiger partial charge in [-0.15, -0.1) is 0 Å². The molecule has 2 heterocycles. The van der Waals surface area contributed by atoms with E-state index in [-0.39, 0.29) is 5.91 Å². The normalized spacial score (nSPS) is 11.2. The number of benzene rings is 2. The molecule has 2 N–H and O–H groups in total. The van der Waals surface area contributed by atoms with E-state index in [1.807, 2.05) is 59.9 Å². The van der Waals surface area contributed by atoms with Gasteiger partial charge in [0.15, 0.2) is 4.96 Å². The predicted molar refractivity (Wildman–Crippen MR) is 98.9 cm³/mol. The summed E-state index contributed by atoms with van der Waals surface area (Å²) < 4.78 is 2.00. The van der Waals surface area contributed by atoms with Crippen LogP contribution >= 0.6 is 11.3 Å². The molecule has 0 bridgehead atoms. The van der Waals surface area contributed by atoms with E-state index in [0.717, 1.165) is 27.4 Å². The van der Waals surface area contributed by atoms with Crippen LogP contribution < -0.4 is 10.6 Å². The van der Waals surface area contributed by atoms with Crippen molar-refractivity contribution in [1.82, 2.24) is 9.38 Å². The van der Waals surface area contributed by atoms with Crippen LogP contribution in [0, 0.1) is 6.92 Å². The number of carbonyl (C=O) groups excluding carboxylic acids is 1. The molecule has 6 heteroatoms. The molecule has 0 saturated carbocycles. The summed E-state index contributed by atoms with van der Waals surface area (Å²) in [6.45, 7) is 1.94. The summed E-state index contributed by atoms with van der Waals surface area (Å²) in [7, 11) is 1.79. The zero-order valence-corrected chi connectivity index (χ0v) is 14.2. The first-order valence-corrected chi connectivity index (χ1v) is 8.38. The van der Waals surface area contributed by atoms with Crippen LogP contribution in [0.1, 0.15) is 15.4 Å². The quantitative estimate of drug-likeness (QED) is 0.568. The summed E-state index contributed by atoms with van der Waals surface area (Å²) in [5, 5.41) is 0. The van der Waals surface area contributed by atoms with E-state index in [9.17, 15) is 4.79 Å². The van der Waals surface area contributed by atoms with Gasteiger partial charge in [-0.25, -0.2) is 4.98 Å². The third-order valence-corrected chi connectivity index (χ3v) is 5.28. The van der Waals surface area contributed by atoms with Crippen molar-refractivity contribution in [3.05, 3.63) is 59.1 Å². The summed E-state index contributed by atoms with van der Waals surface area (Å²) in [6.07, 6.45) is 0. The van der Waals surface area contributed by atoms with Gasteiger partial charge in [-0.05, 0) is 37.3 Å². The molecule has 0 radical (unpaired) electrons. The molecule has 2 aromatic carbocycles. The Morgan fingerprint density at radius 1 is 1.21 bits per heavy atom. The average Bonchev–Trinajstić information content (AvgIpc) is 3.11. The summed E-state index contributed by atoms with van der Waals surface area (Å²) in [4.78, 5) is 20.7. The van der Waals surface area contributed by atoms with Gasteiger partial charge in [-0.3, -0.25) is 9.20 Å². The van der Waals surface area contributed by atoms with Crippen molar-refractivity contribution in [2.45, 2.75) is 6.92 Å². The van der Waals surface area contributed by atoms with E-state index < -0.39 is 0 Å². The minimum Gasteiger partial charge on any atom is -0.399 e. The van der Waals surface area contributed by atoms with E-state index in [0.29, 0.717) is 10.6 Å². The fraction of sp³-hybridized carbons (Fsp3) is 0.111. The Balaban J connectivity index is 1.84. The van der Waals surface area contributed by atoms with Gasteiger partial charge in [-0.2, -0.15) is 0 Å². The highest BCUT2D eigenvalue weighted by Gasteiger charge is 2.22. The molecule has 0 aliphatic heterocycles. The van der Waals surface area contributed by atoms with Crippen LogP contribution in [0.2, 0.25) is 0 Å². The van der Waals surface area contributed by atoms with Gasteiger partial charge in [0.05, 0.1) is 11.0 Å². The minimum absolute atomic E-state index is 0.0359. The number of nitrogens with two attached hydrogens (primary N) is 1. The summed E-state index contributed by atoms with van der Waals surface area (Å²) >= 11 is 1.41. The highest BCUT2D eigenvalue weighted by molar-refractivity contribution is 7.19. The molecular weight excluding hydrogens is 320 g/mol. The molecule has 1 amide bonds. The molecule has 0 unspecified atom stereocenters. The van der Waals surface area contributed by atoms with Gasteiger partial charge in [0, 0.05) is 24.1 Å². The van der Waals surface area contributed by atoms with Crippen molar-refractivity contribution in [1.29, 1.82) is 0 Å². The number of rotatable bonds is 2. The van der Waals surface area contributed by atoms with Crippen molar-refractivity contribution in [3.63, 3.8) is 0 Å². The van der Waals surface area contributed by atoms with Gasteiger partial charge < -0.3 is 10.6 Å². The zero-order chi connectivity index (χ0) is 16.8. The zero-order valence-electron chi connectivity index (χ0n) is 13.4. The third-order valence-electron chi connectivity index (χ3n) is 4.15. The first-order chi connectivity index (χ1) is 11.6. The average molecular weight is 336 g/mol. The molecular formula is C18H16N4OS. The van der Waals surface area contributed by atoms with Gasteiger partial charge in [0.2, 0.25) is 0 Å². The molecule has 0 aliphatic rings. The maximum absolute atomic E-state index is 12.9. The predicted octanol–water partition coefficient (Wildman–Crippen LogP) is 3.72. The number of imidazole rings is 1. The topological polar surface area (TPSA) is 63.6 Å². The first-order valence-electron chi connectivity index (χ1n) is 7.56. The fourth-order valence-corrected chi connectivity index (χ4v) is 3.97. The summed E-state index contributed by atoms with van der Waals surface area (Å²) in [5.41, 5.74) is 10.1. The number of nitrogen functional groups attached to an aromatic ring is 1. The van der Waals surface area contributed by atoms with Gasteiger partial charge >= 0.3 is 0 Å². The van der Waals surface area contributed by atoms with Crippen LogP contribution in [0.15, 0.2) is 48.5 Å². The van der Waals surface area contributed by atoms with Crippen LogP contribution in [0.5, 0.6) is 0 Å². The highest BCUT2D eigenvalue weighted by atomic mass is 32.1. The molecule has 24 heavy (non-hydrogen) atoms. The van der Waals surface area contributed by atoms with E-state index in [1.54, 1.807) is 11.9 Å². The number of anilines is 2. The minimum atomic E-state index is -0.0359. The van der Waals surface area contributed by atoms with Gasteiger partial charge in [0.1, 0.15) is 4.88 Å². The maximum atomic E-state index is 12.9. The Morgan fingerprint density at radius 3 is 2.71 bits per heavy atom. The molecule has 0 aliphatic carbocycles. The van der Waals surface area contributed by atoms with Crippen molar-refractivity contribution in [3.8, 4) is 0 Å². The molecule has 0 atom stereocenters. The van der Waals surface area contributed by atoms with Crippen molar-refractivity contribution in [2.75, 3.05) is 17.7 Å². The van der Waals surface area contributed by atoms with Crippen molar-refractivity contribution in [2.24, 2.45) is 0 Å². The van der Waals surface area contributed by atoms with Crippen molar-refractivity contribution >= 4 is 44.6 Å². The molecule has 5 nitrogen and oxygen atoms in total. The number of thiazole rings is 1. The number of amides is 1. The highest BCUT2D eigenvalue weighted by Crippen LogP contribution is 2.30. The molecule has 120 valence electrons. The van der Waals surface area contributed by atoms with E-state index in [1.165, 1.54) is 11.3 Å². The van der Waals surface area contributed by atoms with Gasteiger partial charge in [0.25, 0.3) is 5.91 Å². The second-order valence-corrected chi connectivity index (χ2v) is 6.67. The van der Waals surface area contributed by atoms with E-state index in [2.05, 4.69) is 4.98 Å². The van der Waals surface area contributed by atoms with Crippen LogP contribution in [0.3, 0.4) is 0 Å². The molecule has 4 rings (SSSR count). The number of hydrogen-bond acceptors (Lipinski definition) is 4. The Labute approximate surface area is 143 Å². The standard InChI is InChI=1S/C18H16N4OS/c1-11-16(17(23)21(2)13-6-4-3-5-7-13)24-18-20-14-9-8-12(19)10-15(14)22(11)18/h3-10H,19H2,1-2H3. The lowest BCUT2D eigenvalue weighted by molar-refractivity contribution is 0.0996. The SMILES string of the molecule is Cc1c(C(=O)N(C)c2ccccc2)sc2nc3ccc(N)cc3n12. The Kier molecular flexibility index (Phi) is 3.28. The molecule has 0 spiro atoms. The number of nitrogens with zero attached hydrogens (tertiary/aromatic N) is 3. The lowest BCUT2D eigenvalue weighted by Gasteiger charge is -2.16. The Hall–Kier alpha value is -2.86. The van der Waals surface area contributed by atoms with E-state index >= 15 is 0 Å². The maximum Gasteiger partial charge on any atom is 0.270 e. The number of para-hydroxylation sites is 1. The van der Waals surface area contributed by atoms with Crippen LogP contribution in [-0.4, -0.2) is 22.3 Å². The van der Waals surface area contributed by atoms with Crippen LogP contribution in [0.4, 0.5) is 11.4 Å². The second-order valence-electron chi connectivity index (χ2n) is 5.69. The summed E-state index contributed by atoms with van der Waals surface area (Å²) in [6, 6.07) is 15.2. The second kappa shape index (κ2) is 5.35. The number of aromatic nitrogens is 2. The lowest BCUT2D eigenvalue weighted by atomic mass is 10.2. The molecule has 4 aromatic rings. The number of carbonyl (C=O) groups is 1. The smallest absolute Gasteiger partial charge is 0.270 e. The van der Waals surface area contributed by atoms with Crippen LogP contribution in [0.25, 0.3) is 16.0 Å². The van der Waals surface area contributed by atoms with Crippen LogP contribution in [-0.2, 0) is 0 Å². The Morgan fingerprint density at radius 2 is 1.96 bits per heavy atom. The fourth-order valence-electron chi connectivity index (χ4n) is 2.85. The largest absolute Gasteiger partial charge is 0.399 e. The number of hydrogen-bond donors (Lipinski definition) is 1. The lowest BCUT2D eigenvalue weighted by Crippen LogP contribution is -2.26. The Bertz CT molecular complexity index is 1060. The molecule has 0 fully saturated rings. The van der Waals surface area contributed by atoms with Gasteiger partial charge in [-0.1, -0.05) is 29.5 Å². The number of aryl methyl sites for hydroxylation is 1. The number of fused-ring (bicyclic) bond motifs is 3. The monoisotopic (exact) mass is 336 g/mol. The van der Waals surface area contributed by atoms with Crippen molar-refractivity contribution < 1.29 is 4.79 Å². The molecule has 0 saturated heterocycles. The molecule has 2 aromatic heterocycles. The van der Waals surface area contributed by atoms with E-state index in [4.69, 9.17) is 5.73 Å². The summed E-state index contributed by atoms with van der Waals surface area (Å²) in [5.74, 6) is -0.0359. The first kappa shape index (κ1) is 14.7. The third kappa shape index (κ3) is 2.15.